The molecule has 0 aliphatic rings. The number of nitrogens with zero attached hydrogens (tertiary/aromatic N) is 2. The summed E-state index contributed by atoms with van der Waals surface area (Å²) in [6.45, 7) is 2.67. The molecule has 92 valence electrons. The highest BCUT2D eigenvalue weighted by Crippen LogP contribution is 2.25. The Bertz CT molecular complexity index is 581. The van der Waals surface area contributed by atoms with E-state index in [-0.39, 0.29) is 0 Å². The quantitative estimate of drug-likeness (QED) is 0.837. The maximum absolute atomic E-state index is 9.01. The summed E-state index contributed by atoms with van der Waals surface area (Å²) in [5, 5.41) is 9.01. The van der Waals surface area contributed by atoms with Crippen LogP contribution in [-0.4, -0.2) is 11.2 Å². The average molecular weight is 241 g/mol. The van der Waals surface area contributed by atoms with Crippen molar-refractivity contribution in [3.05, 3.63) is 42.2 Å². The third-order valence-electron chi connectivity index (χ3n) is 2.60. The van der Waals surface area contributed by atoms with Gasteiger partial charge in [0.05, 0.1) is 18.0 Å². The summed E-state index contributed by atoms with van der Waals surface area (Å²) in [6, 6.07) is 11.3. The highest BCUT2D eigenvalue weighted by atomic mass is 16.5. The molecule has 2 rings (SSSR count). The molecule has 0 aliphatic carbocycles. The van der Waals surface area contributed by atoms with Gasteiger partial charge in [-0.1, -0.05) is 6.92 Å². The van der Waals surface area contributed by atoms with E-state index in [1.54, 1.807) is 16.7 Å². The van der Waals surface area contributed by atoms with Crippen molar-refractivity contribution >= 4 is 5.69 Å². The van der Waals surface area contributed by atoms with Gasteiger partial charge in [0, 0.05) is 12.3 Å². The third-order valence-corrected chi connectivity index (χ3v) is 2.60. The molecule has 1 aromatic heterocycles. The molecule has 0 fully saturated rings. The van der Waals surface area contributed by atoms with Crippen LogP contribution in [0.25, 0.3) is 5.69 Å². The first-order valence-corrected chi connectivity index (χ1v) is 5.86. The minimum absolute atomic E-state index is 0.584. The van der Waals surface area contributed by atoms with Crippen LogP contribution in [0.2, 0.25) is 0 Å². The lowest BCUT2D eigenvalue weighted by Crippen LogP contribution is -2.01. The van der Waals surface area contributed by atoms with E-state index in [4.69, 9.17) is 15.7 Å². The van der Waals surface area contributed by atoms with Crippen molar-refractivity contribution in [3.8, 4) is 17.5 Å². The number of nitrogens with two attached hydrogens (primary N) is 1. The molecule has 0 atom stereocenters. The Labute approximate surface area is 106 Å². The number of nitrogen functional groups attached to an aromatic ring is 1. The zero-order valence-electron chi connectivity index (χ0n) is 10.3. The van der Waals surface area contributed by atoms with Crippen LogP contribution in [0.3, 0.4) is 0 Å². The van der Waals surface area contributed by atoms with Crippen molar-refractivity contribution in [3.63, 3.8) is 0 Å². The van der Waals surface area contributed by atoms with Crippen LogP contribution in [0.15, 0.2) is 36.5 Å². The zero-order valence-corrected chi connectivity index (χ0v) is 10.3. The normalized spacial score (nSPS) is 10.0. The van der Waals surface area contributed by atoms with Gasteiger partial charge < -0.3 is 15.0 Å². The van der Waals surface area contributed by atoms with Gasteiger partial charge in [-0.05, 0) is 30.7 Å². The Balaban J connectivity index is 2.38. The van der Waals surface area contributed by atoms with Gasteiger partial charge in [0.25, 0.3) is 0 Å². The predicted octanol–water partition coefficient (Wildman–Crippen LogP) is 2.72. The molecule has 0 spiro atoms. The van der Waals surface area contributed by atoms with Crippen molar-refractivity contribution in [2.75, 3.05) is 12.3 Å². The van der Waals surface area contributed by atoms with Gasteiger partial charge in [-0.2, -0.15) is 5.26 Å². The Morgan fingerprint density at radius 2 is 2.22 bits per heavy atom. The van der Waals surface area contributed by atoms with E-state index in [1.165, 1.54) is 0 Å². The summed E-state index contributed by atoms with van der Waals surface area (Å²) in [5.41, 5.74) is 7.92. The SMILES string of the molecule is CCCOc1cc(-n2cccc2C#N)ccc1N. The summed E-state index contributed by atoms with van der Waals surface area (Å²) in [4.78, 5) is 0. The zero-order chi connectivity index (χ0) is 13.0. The number of aromatic nitrogens is 1. The molecule has 4 nitrogen and oxygen atoms in total. The van der Waals surface area contributed by atoms with Crippen molar-refractivity contribution in [1.29, 1.82) is 5.26 Å². The fourth-order valence-electron chi connectivity index (χ4n) is 1.71. The van der Waals surface area contributed by atoms with Crippen LogP contribution in [-0.2, 0) is 0 Å². The molecule has 1 heterocycles. The van der Waals surface area contributed by atoms with E-state index in [0.717, 1.165) is 12.1 Å². The van der Waals surface area contributed by atoms with E-state index >= 15 is 0 Å². The average Bonchev–Trinajstić information content (AvgIpc) is 2.86. The Morgan fingerprint density at radius 1 is 1.39 bits per heavy atom. The summed E-state index contributed by atoms with van der Waals surface area (Å²) in [6.07, 6.45) is 2.77. The van der Waals surface area contributed by atoms with Crippen molar-refractivity contribution in [1.82, 2.24) is 4.57 Å². The topological polar surface area (TPSA) is 64.0 Å². The molecular formula is C14H15N3O. The van der Waals surface area contributed by atoms with Crippen LogP contribution in [0.1, 0.15) is 19.0 Å². The maximum Gasteiger partial charge on any atom is 0.144 e. The first-order valence-electron chi connectivity index (χ1n) is 5.86. The predicted molar refractivity (Wildman–Crippen MR) is 70.7 cm³/mol. The van der Waals surface area contributed by atoms with Gasteiger partial charge in [0.15, 0.2) is 0 Å². The number of benzene rings is 1. The molecule has 18 heavy (non-hydrogen) atoms. The Morgan fingerprint density at radius 3 is 2.94 bits per heavy atom. The maximum atomic E-state index is 9.01. The number of nitriles is 1. The second kappa shape index (κ2) is 5.28. The molecule has 0 saturated carbocycles. The number of hydrogen-bond donors (Lipinski definition) is 1. The van der Waals surface area contributed by atoms with Crippen molar-refractivity contribution < 1.29 is 4.74 Å². The van der Waals surface area contributed by atoms with Gasteiger partial charge >= 0.3 is 0 Å². The van der Waals surface area contributed by atoms with Gasteiger partial charge in [0.1, 0.15) is 17.5 Å². The minimum atomic E-state index is 0.584. The molecule has 0 unspecified atom stereocenters. The molecule has 2 aromatic rings. The summed E-state index contributed by atoms with van der Waals surface area (Å²) < 4.78 is 7.38. The summed E-state index contributed by atoms with van der Waals surface area (Å²) in [5.74, 6) is 0.659. The molecule has 0 bridgehead atoms. The highest BCUT2D eigenvalue weighted by molar-refractivity contribution is 5.58. The molecule has 4 heteroatoms. The second-order valence-electron chi connectivity index (χ2n) is 3.95. The monoisotopic (exact) mass is 241 g/mol. The van der Waals surface area contributed by atoms with E-state index in [1.807, 2.05) is 31.3 Å². The lowest BCUT2D eigenvalue weighted by molar-refractivity contribution is 0.319. The molecule has 1 aromatic carbocycles. The first-order chi connectivity index (χ1) is 8.76. The Hall–Kier alpha value is -2.41. The van der Waals surface area contributed by atoms with E-state index in [0.29, 0.717) is 23.7 Å². The highest BCUT2D eigenvalue weighted by Gasteiger charge is 2.06. The van der Waals surface area contributed by atoms with Crippen LogP contribution in [0, 0.1) is 11.3 Å². The number of anilines is 1. The van der Waals surface area contributed by atoms with Crippen molar-refractivity contribution in [2.45, 2.75) is 13.3 Å². The molecule has 0 saturated heterocycles. The number of ether oxygens (including phenoxy) is 1. The standard InChI is InChI=1S/C14H15N3O/c1-2-8-18-14-9-11(5-6-13(14)16)17-7-3-4-12(17)10-15/h3-7,9H,2,8,16H2,1H3. The van der Waals surface area contributed by atoms with Gasteiger partial charge in [-0.15, -0.1) is 0 Å². The molecule has 0 amide bonds. The minimum Gasteiger partial charge on any atom is -0.491 e. The van der Waals surface area contributed by atoms with Crippen LogP contribution in [0.4, 0.5) is 5.69 Å². The van der Waals surface area contributed by atoms with Crippen LogP contribution in [0.5, 0.6) is 5.75 Å². The molecular weight excluding hydrogens is 226 g/mol. The second-order valence-corrected chi connectivity index (χ2v) is 3.95. The Kier molecular flexibility index (Phi) is 3.54. The van der Waals surface area contributed by atoms with Gasteiger partial charge in [0.2, 0.25) is 0 Å². The number of rotatable bonds is 4. The van der Waals surface area contributed by atoms with Crippen molar-refractivity contribution in [2.24, 2.45) is 0 Å². The molecule has 0 radical (unpaired) electrons. The van der Waals surface area contributed by atoms with Crippen LogP contribution < -0.4 is 10.5 Å². The first kappa shape index (κ1) is 12.1. The van der Waals surface area contributed by atoms with Gasteiger partial charge in [-0.3, -0.25) is 0 Å². The largest absolute Gasteiger partial charge is 0.491 e. The summed E-state index contributed by atoms with van der Waals surface area (Å²) >= 11 is 0. The van der Waals surface area contributed by atoms with E-state index in [2.05, 4.69) is 6.07 Å². The van der Waals surface area contributed by atoms with E-state index < -0.39 is 0 Å². The lowest BCUT2D eigenvalue weighted by atomic mass is 10.2. The number of hydrogen-bond acceptors (Lipinski definition) is 3. The molecule has 0 aliphatic heterocycles. The summed E-state index contributed by atoms with van der Waals surface area (Å²) in [7, 11) is 0. The van der Waals surface area contributed by atoms with E-state index in [9.17, 15) is 0 Å². The van der Waals surface area contributed by atoms with Gasteiger partial charge in [-0.25, -0.2) is 0 Å². The van der Waals surface area contributed by atoms with Crippen LogP contribution >= 0.6 is 0 Å². The fraction of sp³-hybridized carbons (Fsp3) is 0.214. The smallest absolute Gasteiger partial charge is 0.144 e. The molecule has 2 N–H and O–H groups in total. The lowest BCUT2D eigenvalue weighted by Gasteiger charge is -2.11. The fourth-order valence-corrected chi connectivity index (χ4v) is 1.71. The third kappa shape index (κ3) is 2.30.